The van der Waals surface area contributed by atoms with Gasteiger partial charge in [-0.15, -0.1) is 0 Å². The monoisotopic (exact) mass is 300 g/mol. The fourth-order valence-electron chi connectivity index (χ4n) is 1.83. The minimum atomic E-state index is -0.848. The first-order valence-corrected chi connectivity index (χ1v) is 6.25. The second-order valence-corrected chi connectivity index (χ2v) is 5.16. The molecule has 1 aromatic carbocycles. The molecule has 17 heavy (non-hydrogen) atoms. The summed E-state index contributed by atoms with van der Waals surface area (Å²) in [6, 6.07) is 2.00. The maximum absolute atomic E-state index is 10.9. The Bertz CT molecular complexity index is 439. The quantitative estimate of drug-likeness (QED) is 0.925. The van der Waals surface area contributed by atoms with E-state index < -0.39 is 5.97 Å². The van der Waals surface area contributed by atoms with Crippen LogP contribution in [0.3, 0.4) is 0 Å². The molecule has 0 atom stereocenters. The Kier molecular flexibility index (Phi) is 4.57. The van der Waals surface area contributed by atoms with E-state index in [-0.39, 0.29) is 12.3 Å². The van der Waals surface area contributed by atoms with Crippen LogP contribution in [0.1, 0.15) is 36.5 Å². The Morgan fingerprint density at radius 2 is 2.12 bits per heavy atom. The van der Waals surface area contributed by atoms with Crippen LogP contribution < -0.4 is 4.74 Å². The van der Waals surface area contributed by atoms with E-state index in [9.17, 15) is 4.79 Å². The van der Waals surface area contributed by atoms with Crippen molar-refractivity contribution in [2.45, 2.75) is 33.1 Å². The van der Waals surface area contributed by atoms with E-state index in [1.807, 2.05) is 13.0 Å². The van der Waals surface area contributed by atoms with Gasteiger partial charge in [-0.05, 0) is 30.0 Å². The number of halogens is 1. The van der Waals surface area contributed by atoms with E-state index >= 15 is 0 Å². The number of carboxylic acids is 1. The zero-order valence-electron chi connectivity index (χ0n) is 10.5. The van der Waals surface area contributed by atoms with Crippen LogP contribution >= 0.6 is 15.9 Å². The van der Waals surface area contributed by atoms with Gasteiger partial charge in [-0.1, -0.05) is 29.8 Å². The molecule has 1 rings (SSSR count). The smallest absolute Gasteiger partial charge is 0.307 e. The lowest BCUT2D eigenvalue weighted by atomic mass is 9.94. The van der Waals surface area contributed by atoms with Crippen molar-refractivity contribution in [2.75, 3.05) is 7.11 Å². The zero-order valence-corrected chi connectivity index (χ0v) is 12.1. The van der Waals surface area contributed by atoms with Crippen molar-refractivity contribution in [1.82, 2.24) is 0 Å². The molecule has 1 aromatic rings. The number of aliphatic carboxylic acids is 1. The Morgan fingerprint density at radius 1 is 1.53 bits per heavy atom. The van der Waals surface area contributed by atoms with Crippen LogP contribution in [0, 0.1) is 6.92 Å². The third kappa shape index (κ3) is 3.00. The molecule has 0 heterocycles. The van der Waals surface area contributed by atoms with Gasteiger partial charge in [0.25, 0.3) is 0 Å². The van der Waals surface area contributed by atoms with Crippen molar-refractivity contribution in [1.29, 1.82) is 0 Å². The summed E-state index contributed by atoms with van der Waals surface area (Å²) in [6.45, 7) is 6.02. The van der Waals surface area contributed by atoms with Gasteiger partial charge in [0.2, 0.25) is 0 Å². The van der Waals surface area contributed by atoms with Gasteiger partial charge in [0.15, 0.2) is 0 Å². The number of carbonyl (C=O) groups is 1. The maximum atomic E-state index is 10.9. The highest BCUT2D eigenvalue weighted by molar-refractivity contribution is 9.10. The van der Waals surface area contributed by atoms with Crippen LogP contribution in [0.25, 0.3) is 0 Å². The lowest BCUT2D eigenvalue weighted by Gasteiger charge is -2.18. The van der Waals surface area contributed by atoms with Crippen molar-refractivity contribution < 1.29 is 14.6 Å². The van der Waals surface area contributed by atoms with E-state index in [0.717, 1.165) is 21.2 Å². The Balaban J connectivity index is 3.47. The predicted octanol–water partition coefficient (Wildman–Crippen LogP) is 3.52. The van der Waals surface area contributed by atoms with E-state index in [1.165, 1.54) is 0 Å². The SMILES string of the molecule is COc1c(C(C)C)cc(Br)c(C)c1CC(=O)O. The van der Waals surface area contributed by atoms with Crippen LogP contribution in [0.4, 0.5) is 0 Å². The lowest BCUT2D eigenvalue weighted by molar-refractivity contribution is -0.136. The van der Waals surface area contributed by atoms with Crippen LogP contribution in [-0.4, -0.2) is 18.2 Å². The highest BCUT2D eigenvalue weighted by Crippen LogP contribution is 2.36. The molecule has 0 unspecified atom stereocenters. The molecule has 0 aliphatic heterocycles. The summed E-state index contributed by atoms with van der Waals surface area (Å²) in [6.07, 6.45) is -0.0197. The summed E-state index contributed by atoms with van der Waals surface area (Å²) >= 11 is 3.47. The van der Waals surface area contributed by atoms with Crippen molar-refractivity contribution in [3.8, 4) is 5.75 Å². The van der Waals surface area contributed by atoms with Crippen molar-refractivity contribution in [2.24, 2.45) is 0 Å². The molecule has 0 spiro atoms. The van der Waals surface area contributed by atoms with Gasteiger partial charge >= 0.3 is 5.97 Å². The molecule has 94 valence electrons. The molecule has 0 aliphatic carbocycles. The largest absolute Gasteiger partial charge is 0.496 e. The molecule has 0 aromatic heterocycles. The maximum Gasteiger partial charge on any atom is 0.307 e. The zero-order chi connectivity index (χ0) is 13.2. The first kappa shape index (κ1) is 14.0. The summed E-state index contributed by atoms with van der Waals surface area (Å²) in [5.74, 6) is 0.136. The molecule has 0 fully saturated rings. The Morgan fingerprint density at radius 3 is 2.53 bits per heavy atom. The summed E-state index contributed by atoms with van der Waals surface area (Å²) in [5.41, 5.74) is 2.70. The van der Waals surface area contributed by atoms with E-state index in [2.05, 4.69) is 29.8 Å². The second-order valence-electron chi connectivity index (χ2n) is 4.31. The van der Waals surface area contributed by atoms with Gasteiger partial charge in [0.1, 0.15) is 5.75 Å². The molecule has 0 saturated carbocycles. The van der Waals surface area contributed by atoms with Crippen LogP contribution in [0.2, 0.25) is 0 Å². The number of hydrogen-bond donors (Lipinski definition) is 1. The van der Waals surface area contributed by atoms with Crippen molar-refractivity contribution in [3.63, 3.8) is 0 Å². The molecule has 0 aliphatic rings. The van der Waals surface area contributed by atoms with E-state index in [4.69, 9.17) is 9.84 Å². The molecular weight excluding hydrogens is 284 g/mol. The van der Waals surface area contributed by atoms with Crippen LogP contribution in [-0.2, 0) is 11.2 Å². The molecule has 0 bridgehead atoms. The van der Waals surface area contributed by atoms with Crippen molar-refractivity contribution >= 4 is 21.9 Å². The molecule has 0 radical (unpaired) electrons. The summed E-state index contributed by atoms with van der Waals surface area (Å²) in [4.78, 5) is 10.9. The second kappa shape index (κ2) is 5.54. The summed E-state index contributed by atoms with van der Waals surface area (Å²) in [7, 11) is 1.58. The van der Waals surface area contributed by atoms with Gasteiger partial charge in [-0.2, -0.15) is 0 Å². The topological polar surface area (TPSA) is 46.5 Å². The normalized spacial score (nSPS) is 10.7. The van der Waals surface area contributed by atoms with Crippen molar-refractivity contribution in [3.05, 3.63) is 27.2 Å². The fourth-order valence-corrected chi connectivity index (χ4v) is 2.32. The number of rotatable bonds is 4. The third-order valence-corrected chi connectivity index (χ3v) is 3.61. The minimum Gasteiger partial charge on any atom is -0.496 e. The number of methoxy groups -OCH3 is 1. The van der Waals surface area contributed by atoms with Gasteiger partial charge < -0.3 is 9.84 Å². The van der Waals surface area contributed by atoms with Crippen LogP contribution in [0.15, 0.2) is 10.5 Å². The number of carboxylic acid groups (broad SMARTS) is 1. The van der Waals surface area contributed by atoms with Crippen LogP contribution in [0.5, 0.6) is 5.75 Å². The standard InChI is InChI=1S/C13H17BrO3/c1-7(2)9-5-11(14)8(3)10(6-12(15)16)13(9)17-4/h5,7H,6H2,1-4H3,(H,15,16). The first-order chi connectivity index (χ1) is 7.88. The average molecular weight is 301 g/mol. The molecular formula is C13H17BrO3. The Hall–Kier alpha value is -1.03. The van der Waals surface area contributed by atoms with Gasteiger partial charge in [-0.3, -0.25) is 4.79 Å². The number of ether oxygens (including phenoxy) is 1. The predicted molar refractivity (Wildman–Crippen MR) is 70.9 cm³/mol. The third-order valence-electron chi connectivity index (χ3n) is 2.78. The lowest BCUT2D eigenvalue weighted by Crippen LogP contribution is -2.07. The van der Waals surface area contributed by atoms with E-state index in [1.54, 1.807) is 7.11 Å². The molecule has 4 heteroatoms. The van der Waals surface area contributed by atoms with E-state index in [0.29, 0.717) is 5.75 Å². The Labute approximate surface area is 110 Å². The number of benzene rings is 1. The highest BCUT2D eigenvalue weighted by Gasteiger charge is 2.19. The summed E-state index contributed by atoms with van der Waals surface area (Å²) in [5, 5.41) is 8.96. The van der Waals surface area contributed by atoms with Gasteiger partial charge in [0, 0.05) is 10.0 Å². The minimum absolute atomic E-state index is 0.0197. The molecule has 1 N–H and O–H groups in total. The fraction of sp³-hybridized carbons (Fsp3) is 0.462. The average Bonchev–Trinajstić information content (AvgIpc) is 2.23. The van der Waals surface area contributed by atoms with Gasteiger partial charge in [-0.25, -0.2) is 0 Å². The first-order valence-electron chi connectivity index (χ1n) is 5.46. The summed E-state index contributed by atoms with van der Waals surface area (Å²) < 4.78 is 6.32. The highest BCUT2D eigenvalue weighted by atomic mass is 79.9. The molecule has 0 amide bonds. The molecule has 3 nitrogen and oxygen atoms in total. The number of hydrogen-bond acceptors (Lipinski definition) is 2. The van der Waals surface area contributed by atoms with Gasteiger partial charge in [0.05, 0.1) is 13.5 Å². The molecule has 0 saturated heterocycles.